The molecule has 146 valence electrons. The maximum absolute atomic E-state index is 12.3. The number of amides is 3. The van der Waals surface area contributed by atoms with E-state index in [9.17, 15) is 18.4 Å². The van der Waals surface area contributed by atoms with E-state index in [1.54, 1.807) is 19.2 Å². The van der Waals surface area contributed by atoms with Gasteiger partial charge in [0.15, 0.2) is 18.0 Å². The molecule has 7 nitrogen and oxygen atoms in total. The predicted octanol–water partition coefficient (Wildman–Crippen LogP) is 0.936. The number of quaternary nitrogens is 1. The van der Waals surface area contributed by atoms with Crippen LogP contribution in [-0.4, -0.2) is 45.3 Å². The van der Waals surface area contributed by atoms with Crippen molar-refractivity contribution in [3.8, 4) is 11.5 Å². The van der Waals surface area contributed by atoms with Gasteiger partial charge in [0, 0.05) is 11.6 Å². The van der Waals surface area contributed by atoms with Crippen molar-refractivity contribution in [1.82, 2.24) is 10.6 Å². The first-order valence-corrected chi connectivity index (χ1v) is 8.28. The van der Waals surface area contributed by atoms with Gasteiger partial charge in [-0.1, -0.05) is 6.92 Å². The first kappa shape index (κ1) is 21.6. The molecule has 0 heterocycles. The number of hydrogen-bond donors (Lipinski definition) is 3. The van der Waals surface area contributed by atoms with Crippen molar-refractivity contribution in [2.24, 2.45) is 0 Å². The molecule has 0 aliphatic rings. The maximum atomic E-state index is 12.3. The second-order valence-corrected chi connectivity index (χ2v) is 6.01. The van der Waals surface area contributed by atoms with Gasteiger partial charge in [-0.3, -0.25) is 10.1 Å². The third kappa shape index (κ3) is 7.64. The third-order valence-corrected chi connectivity index (χ3v) is 3.66. The Labute approximate surface area is 151 Å². The van der Waals surface area contributed by atoms with E-state index in [-0.39, 0.29) is 24.1 Å². The van der Waals surface area contributed by atoms with Crippen LogP contribution >= 0.6 is 0 Å². The lowest BCUT2D eigenvalue weighted by atomic mass is 10.2. The van der Waals surface area contributed by atoms with Gasteiger partial charge in [-0.05, 0) is 31.5 Å². The molecular formula is C17H26F2N3O4+. The Balaban J connectivity index is 2.57. The van der Waals surface area contributed by atoms with E-state index in [1.165, 1.54) is 13.2 Å². The van der Waals surface area contributed by atoms with E-state index >= 15 is 0 Å². The highest BCUT2D eigenvalue weighted by Gasteiger charge is 2.16. The van der Waals surface area contributed by atoms with E-state index in [0.29, 0.717) is 6.54 Å². The maximum Gasteiger partial charge on any atom is 0.387 e. The number of nitrogens with one attached hydrogen (secondary N) is 3. The standard InChI is InChI=1S/C17H25F2N3O4/c1-5-11(2)20-17(24)21-15(23)10-22(3)9-12-6-7-13(26-16(18)19)14(8-12)25-4/h6-8,11,16H,5,9-10H2,1-4H3,(H2,20,21,23,24)/p+1/t11-/m1/s1. The van der Waals surface area contributed by atoms with Crippen molar-refractivity contribution in [1.29, 1.82) is 0 Å². The molecule has 1 unspecified atom stereocenters. The lowest BCUT2D eigenvalue weighted by Crippen LogP contribution is -3.09. The summed E-state index contributed by atoms with van der Waals surface area (Å²) in [6, 6.07) is 4.06. The average molecular weight is 374 g/mol. The summed E-state index contributed by atoms with van der Waals surface area (Å²) in [4.78, 5) is 24.3. The summed E-state index contributed by atoms with van der Waals surface area (Å²) in [5.74, 6) is -0.274. The minimum atomic E-state index is -2.94. The number of urea groups is 1. The van der Waals surface area contributed by atoms with Crippen molar-refractivity contribution in [3.63, 3.8) is 0 Å². The highest BCUT2D eigenvalue weighted by atomic mass is 19.3. The molecule has 9 heteroatoms. The van der Waals surface area contributed by atoms with Gasteiger partial charge in [-0.25, -0.2) is 4.79 Å². The number of benzene rings is 1. The van der Waals surface area contributed by atoms with Crippen LogP contribution in [0.1, 0.15) is 25.8 Å². The Bertz CT molecular complexity index is 614. The number of carbonyl (C=O) groups is 2. The van der Waals surface area contributed by atoms with Gasteiger partial charge in [0.25, 0.3) is 5.91 Å². The first-order valence-electron chi connectivity index (χ1n) is 8.28. The largest absolute Gasteiger partial charge is 0.493 e. The molecule has 2 atom stereocenters. The molecule has 0 saturated carbocycles. The number of carbonyl (C=O) groups excluding carboxylic acids is 2. The quantitative estimate of drug-likeness (QED) is 0.601. The molecule has 0 spiro atoms. The fraction of sp³-hybridized carbons (Fsp3) is 0.529. The Morgan fingerprint density at radius 3 is 2.54 bits per heavy atom. The molecule has 26 heavy (non-hydrogen) atoms. The summed E-state index contributed by atoms with van der Waals surface area (Å²) in [7, 11) is 3.14. The Hall–Kier alpha value is -2.42. The summed E-state index contributed by atoms with van der Waals surface area (Å²) in [6.45, 7) is 1.35. The predicted molar refractivity (Wildman–Crippen MR) is 91.5 cm³/mol. The second-order valence-electron chi connectivity index (χ2n) is 6.01. The lowest BCUT2D eigenvalue weighted by molar-refractivity contribution is -0.885. The third-order valence-electron chi connectivity index (χ3n) is 3.66. The zero-order valence-corrected chi connectivity index (χ0v) is 15.4. The highest BCUT2D eigenvalue weighted by molar-refractivity contribution is 5.94. The topological polar surface area (TPSA) is 81.1 Å². The second kappa shape index (κ2) is 10.5. The van der Waals surface area contributed by atoms with Crippen LogP contribution in [0.4, 0.5) is 13.6 Å². The van der Waals surface area contributed by atoms with E-state index in [1.807, 2.05) is 13.8 Å². The minimum Gasteiger partial charge on any atom is -0.493 e. The lowest BCUT2D eigenvalue weighted by Gasteiger charge is -2.16. The van der Waals surface area contributed by atoms with Crippen molar-refractivity contribution >= 4 is 11.9 Å². The Morgan fingerprint density at radius 1 is 1.27 bits per heavy atom. The number of imide groups is 1. The van der Waals surface area contributed by atoms with Crippen LogP contribution in [0.25, 0.3) is 0 Å². The SMILES string of the molecule is CC[C@@H](C)NC(=O)NC(=O)C[NH+](C)Cc1ccc(OC(F)F)c(OC)c1. The fourth-order valence-electron chi connectivity index (χ4n) is 2.23. The number of likely N-dealkylation sites (N-methyl/N-ethyl adjacent to an activating group) is 1. The fourth-order valence-corrected chi connectivity index (χ4v) is 2.23. The van der Waals surface area contributed by atoms with Crippen molar-refractivity contribution in [3.05, 3.63) is 23.8 Å². The van der Waals surface area contributed by atoms with Gasteiger partial charge in [-0.2, -0.15) is 8.78 Å². The average Bonchev–Trinajstić information content (AvgIpc) is 2.54. The summed E-state index contributed by atoms with van der Waals surface area (Å²) < 4.78 is 34.1. The van der Waals surface area contributed by atoms with Crippen LogP contribution in [-0.2, 0) is 11.3 Å². The molecule has 0 aromatic heterocycles. The van der Waals surface area contributed by atoms with Crippen LogP contribution in [0, 0.1) is 0 Å². The molecule has 3 amide bonds. The summed E-state index contributed by atoms with van der Waals surface area (Å²) >= 11 is 0. The zero-order valence-electron chi connectivity index (χ0n) is 15.4. The number of halogens is 2. The van der Waals surface area contributed by atoms with Crippen LogP contribution in [0.15, 0.2) is 18.2 Å². The van der Waals surface area contributed by atoms with Gasteiger partial charge >= 0.3 is 12.6 Å². The first-order chi connectivity index (χ1) is 12.2. The van der Waals surface area contributed by atoms with Gasteiger partial charge in [0.05, 0.1) is 14.2 Å². The summed E-state index contributed by atoms with van der Waals surface area (Å²) in [5, 5.41) is 4.93. The van der Waals surface area contributed by atoms with Crippen molar-refractivity contribution in [2.75, 3.05) is 20.7 Å². The number of rotatable bonds is 9. The zero-order chi connectivity index (χ0) is 19.7. The van der Waals surface area contributed by atoms with Crippen LogP contribution in [0.3, 0.4) is 0 Å². The van der Waals surface area contributed by atoms with Crippen LogP contribution in [0.5, 0.6) is 11.5 Å². The number of hydrogen-bond acceptors (Lipinski definition) is 4. The van der Waals surface area contributed by atoms with E-state index in [4.69, 9.17) is 4.74 Å². The number of methoxy groups -OCH3 is 1. The monoisotopic (exact) mass is 374 g/mol. The van der Waals surface area contributed by atoms with Gasteiger partial charge in [0.1, 0.15) is 6.54 Å². The molecule has 0 aliphatic heterocycles. The molecule has 1 rings (SSSR count). The van der Waals surface area contributed by atoms with Crippen LogP contribution < -0.4 is 25.0 Å². The van der Waals surface area contributed by atoms with E-state index in [0.717, 1.165) is 16.9 Å². The molecule has 0 radical (unpaired) electrons. The minimum absolute atomic E-state index is 0.0192. The smallest absolute Gasteiger partial charge is 0.387 e. The van der Waals surface area contributed by atoms with Gasteiger partial charge < -0.3 is 19.7 Å². The summed E-state index contributed by atoms with van der Waals surface area (Å²) in [6.07, 6.45) is 0.764. The molecule has 1 aromatic rings. The van der Waals surface area contributed by atoms with Gasteiger partial charge in [-0.15, -0.1) is 0 Å². The summed E-state index contributed by atoms with van der Waals surface area (Å²) in [5.41, 5.74) is 0.776. The number of ether oxygens (including phenoxy) is 2. The van der Waals surface area contributed by atoms with Crippen molar-refractivity contribution in [2.45, 2.75) is 39.5 Å². The molecular weight excluding hydrogens is 348 g/mol. The normalized spacial score (nSPS) is 13.0. The molecule has 1 aromatic carbocycles. The van der Waals surface area contributed by atoms with Crippen molar-refractivity contribution < 1.29 is 32.7 Å². The van der Waals surface area contributed by atoms with E-state index < -0.39 is 18.5 Å². The molecule has 3 N–H and O–H groups in total. The molecule has 0 aliphatic carbocycles. The molecule has 0 fully saturated rings. The number of alkyl halides is 2. The highest BCUT2D eigenvalue weighted by Crippen LogP contribution is 2.29. The Morgan fingerprint density at radius 2 is 1.96 bits per heavy atom. The molecule has 0 bridgehead atoms. The molecule has 0 saturated heterocycles. The Kier molecular flexibility index (Phi) is 8.77. The van der Waals surface area contributed by atoms with Gasteiger partial charge in [0.2, 0.25) is 0 Å². The van der Waals surface area contributed by atoms with E-state index in [2.05, 4.69) is 15.4 Å². The van der Waals surface area contributed by atoms with Crippen LogP contribution in [0.2, 0.25) is 0 Å².